The summed E-state index contributed by atoms with van der Waals surface area (Å²) in [5.41, 5.74) is 4.00. The first-order valence-corrected chi connectivity index (χ1v) is 13.7. The molecule has 1 fully saturated rings. The maximum Gasteiger partial charge on any atom is 0.301 e. The SMILES string of the molecule is Cc1ccc(C)c(C(O)=C2C(=O)C(=O)N(c3nnc(SCc4ccccc4)s3)C2c2ccc(Cl)cc2)c1. The molecule has 1 amide bonds. The molecule has 4 aromatic rings. The number of carbonyl (C=O) groups is 2. The molecule has 1 unspecified atom stereocenters. The van der Waals surface area contributed by atoms with E-state index in [4.69, 9.17) is 11.6 Å². The van der Waals surface area contributed by atoms with Crippen LogP contribution in [0.25, 0.3) is 5.76 Å². The van der Waals surface area contributed by atoms with Gasteiger partial charge in [0, 0.05) is 16.3 Å². The van der Waals surface area contributed by atoms with Gasteiger partial charge in [0.15, 0.2) is 4.34 Å². The second kappa shape index (κ2) is 10.5. The van der Waals surface area contributed by atoms with Crippen LogP contribution < -0.4 is 4.90 Å². The Bertz CT molecular complexity index is 1520. The van der Waals surface area contributed by atoms with Gasteiger partial charge in [0.25, 0.3) is 5.78 Å². The lowest BCUT2D eigenvalue weighted by molar-refractivity contribution is -0.132. The van der Waals surface area contributed by atoms with Crippen molar-refractivity contribution in [2.24, 2.45) is 0 Å². The number of anilines is 1. The van der Waals surface area contributed by atoms with Gasteiger partial charge in [-0.05, 0) is 48.7 Å². The van der Waals surface area contributed by atoms with E-state index in [2.05, 4.69) is 10.2 Å². The fraction of sp³-hybridized carbons (Fsp3) is 0.143. The van der Waals surface area contributed by atoms with Crippen molar-refractivity contribution in [2.45, 2.75) is 30.0 Å². The number of aromatic nitrogens is 2. The summed E-state index contributed by atoms with van der Waals surface area (Å²) in [6.45, 7) is 3.75. The average Bonchev–Trinajstić information content (AvgIpc) is 3.47. The van der Waals surface area contributed by atoms with Crippen molar-refractivity contribution in [3.05, 3.63) is 111 Å². The Balaban J connectivity index is 1.58. The number of amides is 1. The minimum absolute atomic E-state index is 0.00899. The zero-order valence-electron chi connectivity index (χ0n) is 20.0. The fourth-order valence-corrected chi connectivity index (χ4v) is 6.15. The van der Waals surface area contributed by atoms with Crippen LogP contribution in [0, 0.1) is 13.8 Å². The van der Waals surface area contributed by atoms with Crippen LogP contribution in [0.5, 0.6) is 0 Å². The third kappa shape index (κ3) is 5.05. The van der Waals surface area contributed by atoms with Gasteiger partial charge < -0.3 is 5.11 Å². The highest BCUT2D eigenvalue weighted by molar-refractivity contribution is 8.00. The summed E-state index contributed by atoms with van der Waals surface area (Å²) in [7, 11) is 0. The number of aliphatic hydroxyl groups excluding tert-OH is 1. The molecule has 5 rings (SSSR count). The Labute approximate surface area is 227 Å². The van der Waals surface area contributed by atoms with E-state index in [0.29, 0.717) is 26.2 Å². The van der Waals surface area contributed by atoms with Gasteiger partial charge in [0.1, 0.15) is 5.76 Å². The first-order valence-electron chi connectivity index (χ1n) is 11.5. The van der Waals surface area contributed by atoms with E-state index in [1.54, 1.807) is 30.3 Å². The molecule has 0 spiro atoms. The molecule has 3 aromatic carbocycles. The molecule has 186 valence electrons. The highest BCUT2D eigenvalue weighted by Gasteiger charge is 2.48. The number of benzene rings is 3. The van der Waals surface area contributed by atoms with Crippen LogP contribution in [0.1, 0.15) is 33.9 Å². The number of aryl methyl sites for hydroxylation is 2. The van der Waals surface area contributed by atoms with Crippen molar-refractivity contribution in [1.29, 1.82) is 0 Å². The van der Waals surface area contributed by atoms with Crippen LogP contribution in [0.3, 0.4) is 0 Å². The van der Waals surface area contributed by atoms with Crippen molar-refractivity contribution in [1.82, 2.24) is 10.2 Å². The quantitative estimate of drug-likeness (QED) is 0.0947. The summed E-state index contributed by atoms with van der Waals surface area (Å²) in [6.07, 6.45) is 0. The number of halogens is 1. The topological polar surface area (TPSA) is 83.4 Å². The first kappa shape index (κ1) is 25.2. The molecule has 2 heterocycles. The van der Waals surface area contributed by atoms with Crippen molar-refractivity contribution < 1.29 is 14.7 Å². The number of aliphatic hydroxyl groups is 1. The van der Waals surface area contributed by atoms with Gasteiger partial charge in [-0.3, -0.25) is 14.5 Å². The molecular weight excluding hydrogens is 526 g/mol. The molecule has 1 N–H and O–H groups in total. The fourth-order valence-electron chi connectivity index (χ4n) is 4.20. The molecule has 1 saturated heterocycles. The van der Waals surface area contributed by atoms with Crippen LogP contribution in [0.4, 0.5) is 5.13 Å². The van der Waals surface area contributed by atoms with Crippen molar-refractivity contribution in [3.63, 3.8) is 0 Å². The molecular formula is C28H22ClN3O3S2. The van der Waals surface area contributed by atoms with E-state index in [1.165, 1.54) is 28.0 Å². The molecule has 1 atom stereocenters. The summed E-state index contributed by atoms with van der Waals surface area (Å²) in [5.74, 6) is -1.05. The normalized spacial score (nSPS) is 16.9. The summed E-state index contributed by atoms with van der Waals surface area (Å²) >= 11 is 8.86. The summed E-state index contributed by atoms with van der Waals surface area (Å²) in [4.78, 5) is 28.1. The van der Waals surface area contributed by atoms with E-state index in [0.717, 1.165) is 16.7 Å². The minimum Gasteiger partial charge on any atom is -0.507 e. The van der Waals surface area contributed by atoms with Crippen molar-refractivity contribution >= 4 is 57.3 Å². The predicted octanol–water partition coefficient (Wildman–Crippen LogP) is 6.73. The zero-order valence-corrected chi connectivity index (χ0v) is 22.4. The maximum absolute atomic E-state index is 13.4. The molecule has 6 nitrogen and oxygen atoms in total. The Kier molecular flexibility index (Phi) is 7.15. The highest BCUT2D eigenvalue weighted by atomic mass is 35.5. The van der Waals surface area contributed by atoms with Crippen LogP contribution >= 0.6 is 34.7 Å². The highest BCUT2D eigenvalue weighted by Crippen LogP contribution is 2.44. The third-order valence-corrected chi connectivity index (χ3v) is 8.46. The van der Waals surface area contributed by atoms with Crippen LogP contribution in [0.15, 0.2) is 82.7 Å². The second-order valence-corrected chi connectivity index (χ2v) is 11.3. The molecule has 37 heavy (non-hydrogen) atoms. The van der Waals surface area contributed by atoms with Crippen molar-refractivity contribution in [3.8, 4) is 0 Å². The lowest BCUT2D eigenvalue weighted by atomic mass is 9.93. The molecule has 1 aliphatic rings. The van der Waals surface area contributed by atoms with Gasteiger partial charge in [-0.15, -0.1) is 10.2 Å². The first-order chi connectivity index (χ1) is 17.8. The average molecular weight is 548 g/mol. The number of nitrogens with zero attached hydrogens (tertiary/aromatic N) is 3. The Morgan fingerprint density at radius 2 is 1.76 bits per heavy atom. The Hall–Kier alpha value is -3.46. The number of hydrogen-bond donors (Lipinski definition) is 1. The summed E-state index contributed by atoms with van der Waals surface area (Å²) < 4.78 is 0.671. The second-order valence-electron chi connectivity index (χ2n) is 8.66. The largest absolute Gasteiger partial charge is 0.507 e. The number of thioether (sulfide) groups is 1. The smallest absolute Gasteiger partial charge is 0.301 e. The van der Waals surface area contributed by atoms with Gasteiger partial charge >= 0.3 is 5.91 Å². The minimum atomic E-state index is -0.878. The zero-order chi connectivity index (χ0) is 26.1. The van der Waals surface area contributed by atoms with E-state index < -0.39 is 17.7 Å². The number of carbonyl (C=O) groups excluding carboxylic acids is 2. The van der Waals surface area contributed by atoms with Crippen LogP contribution in [-0.4, -0.2) is 27.0 Å². The van der Waals surface area contributed by atoms with Gasteiger partial charge in [-0.2, -0.15) is 0 Å². The number of hydrogen-bond acceptors (Lipinski definition) is 7. The number of Topliss-reactive ketones (excluding diaryl/α,β-unsaturated/α-hetero) is 1. The molecule has 0 bridgehead atoms. The summed E-state index contributed by atoms with van der Waals surface area (Å²) in [6, 6.07) is 21.6. The maximum atomic E-state index is 13.4. The number of rotatable bonds is 6. The van der Waals surface area contributed by atoms with Gasteiger partial charge in [0.2, 0.25) is 5.13 Å². The lowest BCUT2D eigenvalue weighted by Gasteiger charge is -2.22. The monoisotopic (exact) mass is 547 g/mol. The lowest BCUT2D eigenvalue weighted by Crippen LogP contribution is -2.29. The van der Waals surface area contributed by atoms with E-state index in [9.17, 15) is 14.7 Å². The number of ketones is 1. The molecule has 0 radical (unpaired) electrons. The van der Waals surface area contributed by atoms with Gasteiger partial charge in [-0.25, -0.2) is 0 Å². The summed E-state index contributed by atoms with van der Waals surface area (Å²) in [5, 5.41) is 20.7. The van der Waals surface area contributed by atoms with Crippen LogP contribution in [-0.2, 0) is 15.3 Å². The van der Waals surface area contributed by atoms with Gasteiger partial charge in [-0.1, -0.05) is 94.9 Å². The Morgan fingerprint density at radius 3 is 2.49 bits per heavy atom. The van der Waals surface area contributed by atoms with E-state index >= 15 is 0 Å². The molecule has 1 aliphatic heterocycles. The Morgan fingerprint density at radius 1 is 1.03 bits per heavy atom. The standard InChI is InChI=1S/C28H22ClN3O3S2/c1-16-8-9-17(2)21(14-16)24(33)22-23(19-10-12-20(29)13-11-19)32(26(35)25(22)34)27-30-31-28(37-27)36-15-18-6-4-3-5-7-18/h3-14,23,33H,15H2,1-2H3. The van der Waals surface area contributed by atoms with Crippen molar-refractivity contribution in [2.75, 3.05) is 4.90 Å². The van der Waals surface area contributed by atoms with Gasteiger partial charge in [0.05, 0.1) is 11.6 Å². The van der Waals surface area contributed by atoms with E-state index in [-0.39, 0.29) is 16.5 Å². The van der Waals surface area contributed by atoms with E-state index in [1.807, 2.05) is 56.3 Å². The molecule has 1 aromatic heterocycles. The van der Waals surface area contributed by atoms with Crippen LogP contribution in [0.2, 0.25) is 5.02 Å². The third-order valence-electron chi connectivity index (χ3n) is 6.09. The molecule has 0 aliphatic carbocycles. The molecule has 9 heteroatoms. The predicted molar refractivity (Wildman–Crippen MR) is 148 cm³/mol. The molecule has 0 saturated carbocycles.